The molecule has 3 heteroatoms. The highest BCUT2D eigenvalue weighted by Gasteiger charge is 2.30. The largest absolute Gasteiger partial charge is 0.396 e. The van der Waals surface area contributed by atoms with E-state index >= 15 is 0 Å². The molecule has 0 aliphatic rings. The normalized spacial score (nSPS) is 14.0. The Bertz CT molecular complexity index is 376. The van der Waals surface area contributed by atoms with E-state index in [9.17, 15) is 0 Å². The predicted molar refractivity (Wildman–Crippen MR) is 85.6 cm³/mol. The fourth-order valence-electron chi connectivity index (χ4n) is 2.53. The van der Waals surface area contributed by atoms with Crippen LogP contribution in [0.15, 0.2) is 30.3 Å². The molecule has 1 aromatic rings. The number of rotatable bonds is 8. The lowest BCUT2D eigenvalue weighted by atomic mass is 9.80. The zero-order chi connectivity index (χ0) is 15.2. The molecule has 3 nitrogen and oxygen atoms in total. The van der Waals surface area contributed by atoms with Crippen LogP contribution < -0.4 is 5.73 Å². The second kappa shape index (κ2) is 7.77. The fourth-order valence-corrected chi connectivity index (χ4v) is 2.53. The average molecular weight is 278 g/mol. The molecule has 0 radical (unpaired) electrons. The summed E-state index contributed by atoms with van der Waals surface area (Å²) in [5.74, 6) is 0. The number of aliphatic hydroxyl groups excluding tert-OH is 1. The third-order valence-corrected chi connectivity index (χ3v) is 3.94. The lowest BCUT2D eigenvalue weighted by Crippen LogP contribution is -2.44. The van der Waals surface area contributed by atoms with Crippen LogP contribution in [0.4, 0.5) is 0 Å². The van der Waals surface area contributed by atoms with Gasteiger partial charge in [0.15, 0.2) is 0 Å². The van der Waals surface area contributed by atoms with Crippen LogP contribution in [0.5, 0.6) is 0 Å². The van der Waals surface area contributed by atoms with Crippen LogP contribution in [0.1, 0.15) is 45.7 Å². The molecule has 0 heterocycles. The van der Waals surface area contributed by atoms with Crippen molar-refractivity contribution in [1.82, 2.24) is 4.90 Å². The monoisotopic (exact) mass is 278 g/mol. The van der Waals surface area contributed by atoms with Crippen LogP contribution in [0.3, 0.4) is 0 Å². The van der Waals surface area contributed by atoms with Gasteiger partial charge in [0.25, 0.3) is 0 Å². The van der Waals surface area contributed by atoms with Crippen LogP contribution in [-0.2, 0) is 0 Å². The molecule has 0 spiro atoms. The van der Waals surface area contributed by atoms with Gasteiger partial charge in [-0.25, -0.2) is 0 Å². The van der Waals surface area contributed by atoms with Gasteiger partial charge in [-0.1, -0.05) is 44.2 Å². The molecule has 1 atom stereocenters. The quantitative estimate of drug-likeness (QED) is 0.769. The van der Waals surface area contributed by atoms with Crippen LogP contribution in [0, 0.1) is 5.41 Å². The maximum absolute atomic E-state index is 9.03. The standard InChI is InChI=1S/C17H30N2O/c1-14(2)19(11-8-12-20)13-17(3,4)16(18)15-9-6-5-7-10-15/h5-7,9-10,14,16,20H,8,11-13,18H2,1-4H3. The first-order chi connectivity index (χ1) is 9.38. The molecule has 1 unspecified atom stereocenters. The van der Waals surface area contributed by atoms with Gasteiger partial charge in [0.05, 0.1) is 0 Å². The van der Waals surface area contributed by atoms with Crippen LogP contribution in [0.25, 0.3) is 0 Å². The molecule has 0 bridgehead atoms. The van der Waals surface area contributed by atoms with Gasteiger partial charge < -0.3 is 15.7 Å². The first-order valence-corrected chi connectivity index (χ1v) is 7.54. The zero-order valence-corrected chi connectivity index (χ0v) is 13.3. The molecule has 0 aliphatic carbocycles. The Hall–Kier alpha value is -0.900. The molecule has 20 heavy (non-hydrogen) atoms. The first kappa shape index (κ1) is 17.2. The van der Waals surface area contributed by atoms with Gasteiger partial charge in [-0.2, -0.15) is 0 Å². The summed E-state index contributed by atoms with van der Waals surface area (Å²) in [5, 5.41) is 9.03. The molecule has 3 N–H and O–H groups in total. The number of hydrogen-bond acceptors (Lipinski definition) is 3. The Morgan fingerprint density at radius 1 is 1.20 bits per heavy atom. The van der Waals surface area contributed by atoms with E-state index in [1.54, 1.807) is 0 Å². The average Bonchev–Trinajstić information content (AvgIpc) is 2.43. The van der Waals surface area contributed by atoms with Crippen molar-refractivity contribution in [3.8, 4) is 0 Å². The van der Waals surface area contributed by atoms with Crippen molar-refractivity contribution >= 4 is 0 Å². The number of aliphatic hydroxyl groups is 1. The lowest BCUT2D eigenvalue weighted by molar-refractivity contribution is 0.115. The number of nitrogens with zero attached hydrogens (tertiary/aromatic N) is 1. The van der Waals surface area contributed by atoms with Crippen molar-refractivity contribution in [2.45, 2.75) is 46.2 Å². The van der Waals surface area contributed by atoms with E-state index in [4.69, 9.17) is 10.8 Å². The Kier molecular flexibility index (Phi) is 6.66. The van der Waals surface area contributed by atoms with Crippen molar-refractivity contribution in [1.29, 1.82) is 0 Å². The Morgan fingerprint density at radius 2 is 1.80 bits per heavy atom. The summed E-state index contributed by atoms with van der Waals surface area (Å²) in [6.07, 6.45) is 0.814. The Morgan fingerprint density at radius 3 is 2.30 bits per heavy atom. The minimum atomic E-state index is -0.0128. The van der Waals surface area contributed by atoms with Gasteiger partial charge in [-0.3, -0.25) is 0 Å². The molecular formula is C17H30N2O. The highest BCUT2D eigenvalue weighted by atomic mass is 16.3. The van der Waals surface area contributed by atoms with Crippen LogP contribution in [-0.4, -0.2) is 35.7 Å². The summed E-state index contributed by atoms with van der Waals surface area (Å²) in [4.78, 5) is 2.40. The van der Waals surface area contributed by atoms with Crippen molar-refractivity contribution in [3.05, 3.63) is 35.9 Å². The first-order valence-electron chi connectivity index (χ1n) is 7.54. The van der Waals surface area contributed by atoms with Crippen molar-refractivity contribution in [2.75, 3.05) is 19.7 Å². The van der Waals surface area contributed by atoms with Gasteiger partial charge in [-0.15, -0.1) is 0 Å². The van der Waals surface area contributed by atoms with E-state index in [1.165, 1.54) is 5.56 Å². The van der Waals surface area contributed by atoms with Crippen LogP contribution in [0.2, 0.25) is 0 Å². The van der Waals surface area contributed by atoms with Gasteiger partial charge in [0, 0.05) is 31.8 Å². The number of hydrogen-bond donors (Lipinski definition) is 2. The van der Waals surface area contributed by atoms with Gasteiger partial charge in [-0.05, 0) is 31.2 Å². The van der Waals surface area contributed by atoms with Crippen molar-refractivity contribution < 1.29 is 5.11 Å². The molecular weight excluding hydrogens is 248 g/mol. The van der Waals surface area contributed by atoms with Crippen molar-refractivity contribution in [2.24, 2.45) is 11.1 Å². The molecule has 114 valence electrons. The summed E-state index contributed by atoms with van der Waals surface area (Å²) >= 11 is 0. The third kappa shape index (κ3) is 4.89. The molecule has 0 fully saturated rings. The molecule has 0 saturated carbocycles. The summed E-state index contributed by atoms with van der Waals surface area (Å²) in [5.41, 5.74) is 7.64. The van der Waals surface area contributed by atoms with E-state index in [2.05, 4.69) is 44.7 Å². The van der Waals surface area contributed by atoms with Gasteiger partial charge in [0.2, 0.25) is 0 Å². The van der Waals surface area contributed by atoms with E-state index in [1.807, 2.05) is 18.2 Å². The van der Waals surface area contributed by atoms with Crippen molar-refractivity contribution in [3.63, 3.8) is 0 Å². The smallest absolute Gasteiger partial charge is 0.0443 e. The molecule has 0 saturated heterocycles. The Labute approximate surface area is 123 Å². The highest BCUT2D eigenvalue weighted by molar-refractivity contribution is 5.20. The SMILES string of the molecule is CC(C)N(CCCO)CC(C)(C)C(N)c1ccccc1. The van der Waals surface area contributed by atoms with E-state index in [0.717, 1.165) is 19.5 Å². The molecule has 0 amide bonds. The van der Waals surface area contributed by atoms with Gasteiger partial charge >= 0.3 is 0 Å². The number of nitrogens with two attached hydrogens (primary N) is 1. The minimum absolute atomic E-state index is 0.0128. The minimum Gasteiger partial charge on any atom is -0.396 e. The fraction of sp³-hybridized carbons (Fsp3) is 0.647. The zero-order valence-electron chi connectivity index (χ0n) is 13.3. The van der Waals surface area contributed by atoms with E-state index < -0.39 is 0 Å². The predicted octanol–water partition coefficient (Wildman–Crippen LogP) is 2.81. The van der Waals surface area contributed by atoms with E-state index in [0.29, 0.717) is 6.04 Å². The topological polar surface area (TPSA) is 49.5 Å². The summed E-state index contributed by atoms with van der Waals surface area (Å²) in [6.45, 7) is 10.9. The second-order valence-corrected chi connectivity index (χ2v) is 6.52. The number of benzene rings is 1. The molecule has 0 aromatic heterocycles. The molecule has 1 aromatic carbocycles. The maximum atomic E-state index is 9.03. The third-order valence-electron chi connectivity index (χ3n) is 3.94. The maximum Gasteiger partial charge on any atom is 0.0443 e. The second-order valence-electron chi connectivity index (χ2n) is 6.52. The summed E-state index contributed by atoms with van der Waals surface area (Å²) in [7, 11) is 0. The summed E-state index contributed by atoms with van der Waals surface area (Å²) < 4.78 is 0. The molecule has 0 aliphatic heterocycles. The van der Waals surface area contributed by atoms with Crippen LogP contribution >= 0.6 is 0 Å². The highest BCUT2D eigenvalue weighted by Crippen LogP contribution is 2.32. The van der Waals surface area contributed by atoms with Gasteiger partial charge in [0.1, 0.15) is 0 Å². The Balaban J connectivity index is 2.75. The lowest BCUT2D eigenvalue weighted by Gasteiger charge is -2.39. The van der Waals surface area contributed by atoms with E-state index in [-0.39, 0.29) is 18.1 Å². The molecule has 1 rings (SSSR count). The summed E-state index contributed by atoms with van der Waals surface area (Å²) in [6, 6.07) is 10.8.